The predicted octanol–water partition coefficient (Wildman–Crippen LogP) is 6.43. The van der Waals surface area contributed by atoms with Crippen LogP contribution in [0.3, 0.4) is 0 Å². The van der Waals surface area contributed by atoms with Gasteiger partial charge in [-0.1, -0.05) is 36.4 Å². The van der Waals surface area contributed by atoms with Crippen LogP contribution >= 0.6 is 22.6 Å². The van der Waals surface area contributed by atoms with Crippen molar-refractivity contribution in [3.05, 3.63) is 87.6 Å². The number of piperidine rings is 1. The molecule has 0 aromatic heterocycles. The van der Waals surface area contributed by atoms with E-state index in [9.17, 15) is 4.39 Å². The summed E-state index contributed by atoms with van der Waals surface area (Å²) < 4.78 is 32.3. The summed E-state index contributed by atoms with van der Waals surface area (Å²) in [5.74, 6) is 0.628. The zero-order valence-corrected chi connectivity index (χ0v) is 21.3. The number of likely N-dealkylation sites (tertiary alicyclic amines) is 1. The van der Waals surface area contributed by atoms with E-state index >= 15 is 0 Å². The average Bonchev–Trinajstić information content (AvgIpc) is 2.83. The van der Waals surface area contributed by atoms with Gasteiger partial charge in [-0.25, -0.2) is 4.39 Å². The van der Waals surface area contributed by atoms with E-state index in [2.05, 4.69) is 52.7 Å². The fraction of sp³-hybridized carbons (Fsp3) is 0.333. The van der Waals surface area contributed by atoms with Crippen LogP contribution in [0.25, 0.3) is 10.8 Å². The molecule has 1 fully saturated rings. The van der Waals surface area contributed by atoms with E-state index in [-0.39, 0.29) is 17.3 Å². The molecule has 1 saturated heterocycles. The van der Waals surface area contributed by atoms with E-state index < -0.39 is 0 Å². The molecule has 0 aliphatic carbocycles. The van der Waals surface area contributed by atoms with E-state index in [1.54, 1.807) is 38.9 Å². The lowest BCUT2D eigenvalue weighted by molar-refractivity contribution is 0.0204. The maximum Gasteiger partial charge on any atom is 0.140 e. The first-order chi connectivity index (χ1) is 16.0. The van der Waals surface area contributed by atoms with Crippen molar-refractivity contribution < 1.29 is 18.6 Å². The number of halogens is 2. The maximum absolute atomic E-state index is 13.9. The molecule has 6 heteroatoms. The van der Waals surface area contributed by atoms with Crippen LogP contribution in [0.2, 0.25) is 0 Å². The van der Waals surface area contributed by atoms with Crippen molar-refractivity contribution in [1.29, 1.82) is 0 Å². The topological polar surface area (TPSA) is 30.9 Å². The van der Waals surface area contributed by atoms with Gasteiger partial charge in [0, 0.05) is 16.4 Å². The number of methoxy groups -OCH3 is 2. The monoisotopic (exact) mass is 561 g/mol. The molecule has 1 atom stereocenters. The zero-order chi connectivity index (χ0) is 23.4. The second kappa shape index (κ2) is 10.3. The number of rotatable bonds is 7. The minimum absolute atomic E-state index is 0.233. The highest BCUT2D eigenvalue weighted by Gasteiger charge is 2.45. The summed E-state index contributed by atoms with van der Waals surface area (Å²) in [6.07, 6.45) is 4.65. The number of ether oxygens (including phenoxy) is 3. The van der Waals surface area contributed by atoms with Crippen LogP contribution in [0.1, 0.15) is 30.1 Å². The van der Waals surface area contributed by atoms with Gasteiger partial charge in [-0.2, -0.15) is 0 Å². The molecule has 0 N–H and O–H groups in total. The summed E-state index contributed by atoms with van der Waals surface area (Å²) in [5.41, 5.74) is 1.84. The predicted molar refractivity (Wildman–Crippen MR) is 138 cm³/mol. The highest BCUT2D eigenvalue weighted by molar-refractivity contribution is 14.1. The number of benzene rings is 3. The second-order valence-corrected chi connectivity index (χ2v) is 9.68. The van der Waals surface area contributed by atoms with Crippen LogP contribution < -0.4 is 4.74 Å². The number of hydrogen-bond acceptors (Lipinski definition) is 4. The molecule has 4 rings (SSSR count). The van der Waals surface area contributed by atoms with Gasteiger partial charge in [-0.3, -0.25) is 0 Å². The van der Waals surface area contributed by atoms with Gasteiger partial charge in [0.05, 0.1) is 17.8 Å². The molecule has 1 aliphatic heterocycles. The fourth-order valence-corrected chi connectivity index (χ4v) is 5.78. The quantitative estimate of drug-likeness (QED) is 0.246. The maximum atomic E-state index is 13.9. The van der Waals surface area contributed by atoms with E-state index in [0.717, 1.165) is 57.2 Å². The molecule has 4 nitrogen and oxygen atoms in total. The lowest BCUT2D eigenvalue weighted by atomic mass is 9.66. The minimum atomic E-state index is -0.335. The molecule has 0 spiro atoms. The van der Waals surface area contributed by atoms with Crippen LogP contribution in [0.4, 0.5) is 4.39 Å². The zero-order valence-electron chi connectivity index (χ0n) is 19.2. The number of fused-ring (bicyclic) bond motifs is 1. The van der Waals surface area contributed by atoms with E-state index in [1.165, 1.54) is 0 Å². The van der Waals surface area contributed by atoms with Gasteiger partial charge in [-0.05, 0) is 84.7 Å². The SMILES string of the molecule is COC=COC(c1cc(I)c(OC)c2ccccc12)C1(c2ccc(F)cc2)CCN(C)CC1. The Kier molecular flexibility index (Phi) is 7.44. The van der Waals surface area contributed by atoms with Gasteiger partial charge >= 0.3 is 0 Å². The van der Waals surface area contributed by atoms with Crippen LogP contribution in [0, 0.1) is 9.39 Å². The van der Waals surface area contributed by atoms with Crippen molar-refractivity contribution in [3.63, 3.8) is 0 Å². The van der Waals surface area contributed by atoms with Crippen molar-refractivity contribution in [3.8, 4) is 5.75 Å². The second-order valence-electron chi connectivity index (χ2n) is 8.52. The number of hydrogen-bond donors (Lipinski definition) is 0. The normalized spacial score (nSPS) is 17.2. The Bertz CT molecular complexity index is 1120. The third-order valence-electron chi connectivity index (χ3n) is 6.68. The summed E-state index contributed by atoms with van der Waals surface area (Å²) in [4.78, 5) is 2.33. The smallest absolute Gasteiger partial charge is 0.140 e. The standard InChI is InChI=1S/C27H29FINO3/c1-30-14-12-27(13-15-30,19-8-10-20(28)11-9-19)26(33-17-16-31-2)23-18-24(29)25(32-3)22-7-5-4-6-21(22)23/h4-11,16-18,26H,12-15H2,1-3H3. The Balaban J connectivity index is 1.96. The summed E-state index contributed by atoms with van der Waals surface area (Å²) in [7, 11) is 5.45. The molecular formula is C27H29FINO3. The summed E-state index contributed by atoms with van der Waals surface area (Å²) in [6.45, 7) is 1.85. The Labute approximate surface area is 208 Å². The van der Waals surface area contributed by atoms with Gasteiger partial charge in [0.1, 0.15) is 30.2 Å². The van der Waals surface area contributed by atoms with Crippen molar-refractivity contribution in [2.75, 3.05) is 34.4 Å². The van der Waals surface area contributed by atoms with Crippen molar-refractivity contribution in [2.45, 2.75) is 24.4 Å². The van der Waals surface area contributed by atoms with Crippen molar-refractivity contribution in [1.82, 2.24) is 4.90 Å². The molecule has 0 radical (unpaired) electrons. The van der Waals surface area contributed by atoms with E-state index in [4.69, 9.17) is 14.2 Å². The number of nitrogens with zero attached hydrogens (tertiary/aromatic N) is 1. The molecular weight excluding hydrogens is 532 g/mol. The molecule has 33 heavy (non-hydrogen) atoms. The third-order valence-corrected chi connectivity index (χ3v) is 7.48. The van der Waals surface area contributed by atoms with Crippen molar-refractivity contribution in [2.24, 2.45) is 0 Å². The van der Waals surface area contributed by atoms with Crippen molar-refractivity contribution >= 4 is 33.4 Å². The van der Waals surface area contributed by atoms with Gasteiger partial charge < -0.3 is 19.1 Å². The first kappa shape index (κ1) is 23.8. The molecule has 1 heterocycles. The molecule has 0 amide bonds. The molecule has 174 valence electrons. The Morgan fingerprint density at radius 3 is 2.30 bits per heavy atom. The lowest BCUT2D eigenvalue weighted by Gasteiger charge is -2.46. The van der Waals surface area contributed by atoms with Crippen LogP contribution in [0.5, 0.6) is 5.75 Å². The molecule has 1 unspecified atom stereocenters. The minimum Gasteiger partial charge on any atom is -0.501 e. The summed E-state index contributed by atoms with van der Waals surface area (Å²) >= 11 is 2.33. The third kappa shape index (κ3) is 4.68. The molecule has 0 saturated carbocycles. The largest absolute Gasteiger partial charge is 0.501 e. The highest BCUT2D eigenvalue weighted by Crippen LogP contribution is 2.50. The molecule has 1 aliphatic rings. The highest BCUT2D eigenvalue weighted by atomic mass is 127. The molecule has 3 aromatic rings. The van der Waals surface area contributed by atoms with Gasteiger partial charge in [-0.15, -0.1) is 0 Å². The van der Waals surface area contributed by atoms with E-state index in [1.807, 2.05) is 24.3 Å². The van der Waals surface area contributed by atoms with Gasteiger partial charge in [0.2, 0.25) is 0 Å². The first-order valence-corrected chi connectivity index (χ1v) is 12.1. The average molecular weight is 561 g/mol. The van der Waals surface area contributed by atoms with Gasteiger partial charge in [0.15, 0.2) is 0 Å². The molecule has 0 bridgehead atoms. The lowest BCUT2D eigenvalue weighted by Crippen LogP contribution is -2.45. The molecule has 3 aromatic carbocycles. The Hall–Kier alpha value is -2.32. The van der Waals surface area contributed by atoms with Crippen LogP contribution in [-0.2, 0) is 14.9 Å². The van der Waals surface area contributed by atoms with Gasteiger partial charge in [0.25, 0.3) is 0 Å². The Morgan fingerprint density at radius 2 is 1.67 bits per heavy atom. The first-order valence-electron chi connectivity index (χ1n) is 11.0. The van der Waals surface area contributed by atoms with E-state index in [0.29, 0.717) is 0 Å². The van der Waals surface area contributed by atoms with Crippen LogP contribution in [0.15, 0.2) is 67.1 Å². The Morgan fingerprint density at radius 1 is 1.00 bits per heavy atom. The fourth-order valence-electron chi connectivity index (χ4n) is 4.93. The summed E-state index contributed by atoms with van der Waals surface area (Å²) in [5, 5.41) is 2.14. The summed E-state index contributed by atoms with van der Waals surface area (Å²) in [6, 6.07) is 17.4. The van der Waals surface area contributed by atoms with Crippen LogP contribution in [-0.4, -0.2) is 39.3 Å².